The Morgan fingerprint density at radius 1 is 1.14 bits per heavy atom. The maximum absolute atomic E-state index is 12.4. The van der Waals surface area contributed by atoms with E-state index in [9.17, 15) is 14.4 Å². The molecule has 28 heavy (non-hydrogen) atoms. The van der Waals surface area contributed by atoms with Crippen molar-refractivity contribution in [2.24, 2.45) is 17.8 Å². The minimum Gasteiger partial charge on any atom is -0.324 e. The van der Waals surface area contributed by atoms with E-state index in [0.717, 1.165) is 27.7 Å². The van der Waals surface area contributed by atoms with E-state index < -0.39 is 23.4 Å². The van der Waals surface area contributed by atoms with Crippen LogP contribution in [0.15, 0.2) is 0 Å². The molecule has 2 heterocycles. The summed E-state index contributed by atoms with van der Waals surface area (Å²) < 4.78 is 0. The fourth-order valence-electron chi connectivity index (χ4n) is 6.12. The van der Waals surface area contributed by atoms with Crippen LogP contribution in [-0.2, 0) is 15.0 Å². The number of carbonyl (C=O) groups is 3. The Labute approximate surface area is 167 Å². The number of amides is 4. The number of urea groups is 1. The van der Waals surface area contributed by atoms with E-state index in [4.69, 9.17) is 0 Å². The Kier molecular flexibility index (Phi) is 3.85. The summed E-state index contributed by atoms with van der Waals surface area (Å²) in [6.45, 7) is 2.92. The number of nitrogens with one attached hydrogen (secondary N) is 2. The molecule has 4 bridgehead atoms. The maximum Gasteiger partial charge on any atom is 0.325 e. The van der Waals surface area contributed by atoms with Gasteiger partial charge in [0.2, 0.25) is 11.0 Å². The average molecular weight is 404 g/mol. The highest BCUT2D eigenvalue weighted by molar-refractivity contribution is 7.15. The Hall–Kier alpha value is -2.03. The standard InChI is InChI=1S/C19H25N5O3S/c1-18(2)15(26)24(17(27)21-18)9-13(25)20-16-23-22-14(28-16)19-6-10-3-11(7-19)5-12(4-10)8-19/h10-12H,3-9H2,1-2H3,(H,21,27)(H,20,23,25). The number of nitrogens with zero attached hydrogens (tertiary/aromatic N) is 3. The van der Waals surface area contributed by atoms with Gasteiger partial charge in [-0.1, -0.05) is 11.3 Å². The second-order valence-electron chi connectivity index (χ2n) is 9.60. The summed E-state index contributed by atoms with van der Waals surface area (Å²) in [4.78, 5) is 37.5. The van der Waals surface area contributed by atoms with Crippen molar-refractivity contribution in [1.29, 1.82) is 0 Å². The topological polar surface area (TPSA) is 104 Å². The third-order valence-electron chi connectivity index (χ3n) is 6.91. The summed E-state index contributed by atoms with van der Waals surface area (Å²) in [7, 11) is 0. The molecule has 2 N–H and O–H groups in total. The molecule has 1 aromatic rings. The predicted octanol–water partition coefficient (Wildman–Crippen LogP) is 2.27. The lowest BCUT2D eigenvalue weighted by atomic mass is 9.50. The van der Waals surface area contributed by atoms with Gasteiger partial charge in [0, 0.05) is 5.41 Å². The van der Waals surface area contributed by atoms with Gasteiger partial charge in [0.15, 0.2) is 0 Å². The van der Waals surface area contributed by atoms with Crippen LogP contribution in [0.1, 0.15) is 57.4 Å². The van der Waals surface area contributed by atoms with Crippen molar-refractivity contribution in [2.75, 3.05) is 11.9 Å². The van der Waals surface area contributed by atoms with Gasteiger partial charge in [0.1, 0.15) is 17.1 Å². The van der Waals surface area contributed by atoms with E-state index in [1.54, 1.807) is 13.8 Å². The molecular formula is C19H25N5O3S. The molecule has 5 fully saturated rings. The first-order valence-electron chi connectivity index (χ1n) is 10.0. The van der Waals surface area contributed by atoms with Crippen molar-refractivity contribution in [3.8, 4) is 0 Å². The monoisotopic (exact) mass is 403 g/mol. The minimum absolute atomic E-state index is 0.143. The smallest absolute Gasteiger partial charge is 0.324 e. The molecule has 9 heteroatoms. The number of aromatic nitrogens is 2. The van der Waals surface area contributed by atoms with E-state index in [1.165, 1.54) is 49.9 Å². The van der Waals surface area contributed by atoms with Crippen LogP contribution < -0.4 is 10.6 Å². The van der Waals surface area contributed by atoms with Crippen LogP contribution in [-0.4, -0.2) is 45.0 Å². The molecule has 4 saturated carbocycles. The van der Waals surface area contributed by atoms with Crippen molar-refractivity contribution in [3.63, 3.8) is 0 Å². The van der Waals surface area contributed by atoms with Gasteiger partial charge < -0.3 is 5.32 Å². The van der Waals surface area contributed by atoms with Gasteiger partial charge in [0.25, 0.3) is 5.91 Å². The summed E-state index contributed by atoms with van der Waals surface area (Å²) in [5, 5.41) is 15.4. The van der Waals surface area contributed by atoms with Crippen LogP contribution in [0.2, 0.25) is 0 Å². The molecule has 8 nitrogen and oxygen atoms in total. The molecule has 1 saturated heterocycles. The molecular weight excluding hydrogens is 378 g/mol. The van der Waals surface area contributed by atoms with E-state index in [0.29, 0.717) is 5.13 Å². The van der Waals surface area contributed by atoms with Crippen molar-refractivity contribution in [2.45, 2.75) is 63.3 Å². The van der Waals surface area contributed by atoms with Gasteiger partial charge in [-0.2, -0.15) is 0 Å². The molecule has 4 amide bonds. The Bertz CT molecular complexity index is 828. The SMILES string of the molecule is CC1(C)NC(=O)N(CC(=O)Nc2nnc(C34CC5CC(CC(C5)C3)C4)s2)C1=O. The summed E-state index contributed by atoms with van der Waals surface area (Å²) in [5.41, 5.74) is -0.837. The zero-order valence-electron chi connectivity index (χ0n) is 16.2. The summed E-state index contributed by atoms with van der Waals surface area (Å²) in [6.07, 6.45) is 7.68. The number of hydrogen-bond acceptors (Lipinski definition) is 6. The van der Waals surface area contributed by atoms with E-state index in [1.807, 2.05) is 0 Å². The number of imide groups is 1. The Balaban J connectivity index is 1.27. The molecule has 0 spiro atoms. The molecule has 4 aliphatic carbocycles. The fraction of sp³-hybridized carbons (Fsp3) is 0.737. The number of carbonyl (C=O) groups excluding carboxylic acids is 3. The lowest BCUT2D eigenvalue weighted by molar-refractivity contribution is -0.132. The van der Waals surface area contributed by atoms with Crippen molar-refractivity contribution < 1.29 is 14.4 Å². The normalized spacial score (nSPS) is 35.4. The Morgan fingerprint density at radius 3 is 2.29 bits per heavy atom. The van der Waals surface area contributed by atoms with Gasteiger partial charge in [-0.05, 0) is 70.1 Å². The first kappa shape index (κ1) is 18.0. The van der Waals surface area contributed by atoms with Crippen LogP contribution in [0.4, 0.5) is 9.93 Å². The molecule has 0 radical (unpaired) electrons. The molecule has 1 aliphatic heterocycles. The molecule has 0 atom stereocenters. The number of rotatable bonds is 4. The van der Waals surface area contributed by atoms with Crippen LogP contribution in [0.3, 0.4) is 0 Å². The molecule has 1 aromatic heterocycles. The fourth-order valence-corrected chi connectivity index (χ4v) is 7.10. The molecule has 5 aliphatic rings. The number of anilines is 1. The highest BCUT2D eigenvalue weighted by Gasteiger charge is 2.53. The van der Waals surface area contributed by atoms with E-state index in [2.05, 4.69) is 20.8 Å². The van der Waals surface area contributed by atoms with Gasteiger partial charge in [-0.25, -0.2) is 4.79 Å². The highest BCUT2D eigenvalue weighted by atomic mass is 32.1. The first-order chi connectivity index (χ1) is 13.2. The van der Waals surface area contributed by atoms with Crippen molar-refractivity contribution in [1.82, 2.24) is 20.4 Å². The van der Waals surface area contributed by atoms with Crippen molar-refractivity contribution >= 4 is 34.3 Å². The van der Waals surface area contributed by atoms with Crippen LogP contribution in [0.5, 0.6) is 0 Å². The summed E-state index contributed by atoms with van der Waals surface area (Å²) >= 11 is 1.45. The van der Waals surface area contributed by atoms with Crippen LogP contribution >= 0.6 is 11.3 Å². The zero-order chi connectivity index (χ0) is 19.7. The average Bonchev–Trinajstić information content (AvgIpc) is 3.13. The quantitative estimate of drug-likeness (QED) is 0.751. The second-order valence-corrected chi connectivity index (χ2v) is 10.6. The predicted molar refractivity (Wildman–Crippen MR) is 103 cm³/mol. The second kappa shape index (κ2) is 5.98. The van der Waals surface area contributed by atoms with Gasteiger partial charge in [0.05, 0.1) is 0 Å². The molecule has 150 valence electrons. The largest absolute Gasteiger partial charge is 0.325 e. The van der Waals surface area contributed by atoms with Gasteiger partial charge in [-0.15, -0.1) is 10.2 Å². The number of hydrogen-bond donors (Lipinski definition) is 2. The molecule has 0 aromatic carbocycles. The Morgan fingerprint density at radius 2 is 1.75 bits per heavy atom. The molecule has 0 unspecified atom stereocenters. The van der Waals surface area contributed by atoms with Gasteiger partial charge in [-0.3, -0.25) is 19.8 Å². The maximum atomic E-state index is 12.4. The third kappa shape index (κ3) is 2.82. The van der Waals surface area contributed by atoms with Crippen LogP contribution in [0.25, 0.3) is 0 Å². The third-order valence-corrected chi connectivity index (χ3v) is 7.99. The van der Waals surface area contributed by atoms with E-state index in [-0.39, 0.29) is 12.0 Å². The zero-order valence-corrected chi connectivity index (χ0v) is 17.0. The van der Waals surface area contributed by atoms with Gasteiger partial charge >= 0.3 is 6.03 Å². The lowest BCUT2D eigenvalue weighted by Crippen LogP contribution is -2.48. The highest BCUT2D eigenvalue weighted by Crippen LogP contribution is 2.61. The lowest BCUT2D eigenvalue weighted by Gasteiger charge is -2.55. The van der Waals surface area contributed by atoms with E-state index >= 15 is 0 Å². The molecule has 6 rings (SSSR count). The first-order valence-corrected chi connectivity index (χ1v) is 10.8. The van der Waals surface area contributed by atoms with Crippen molar-refractivity contribution in [3.05, 3.63) is 5.01 Å². The summed E-state index contributed by atoms with van der Waals surface area (Å²) in [5.74, 6) is 1.61. The summed E-state index contributed by atoms with van der Waals surface area (Å²) in [6, 6.07) is -0.545. The minimum atomic E-state index is -0.980. The van der Waals surface area contributed by atoms with Crippen LogP contribution in [0, 0.1) is 17.8 Å².